The van der Waals surface area contributed by atoms with Gasteiger partial charge in [-0.1, -0.05) is 24.3 Å². The Labute approximate surface area is 133 Å². The molecule has 6 heteroatoms. The number of anilines is 1. The number of halogens is 1. The van der Waals surface area contributed by atoms with Crippen LogP contribution >= 0.6 is 27.3 Å². The first-order valence-electron chi connectivity index (χ1n) is 6.24. The summed E-state index contributed by atoms with van der Waals surface area (Å²) >= 11 is 5.09. The molecule has 0 fully saturated rings. The Morgan fingerprint density at radius 1 is 1.24 bits per heavy atom. The molecule has 106 valence electrons. The first kappa shape index (κ1) is 14.0. The molecule has 3 aromatic rings. The maximum Gasteiger partial charge on any atom is 0.337 e. The average Bonchev–Trinajstić information content (AvgIpc) is 2.90. The van der Waals surface area contributed by atoms with Gasteiger partial charge in [0.25, 0.3) is 0 Å². The van der Waals surface area contributed by atoms with Crippen molar-refractivity contribution in [2.45, 2.75) is 6.54 Å². The van der Waals surface area contributed by atoms with Gasteiger partial charge in [-0.05, 0) is 28.1 Å². The van der Waals surface area contributed by atoms with Gasteiger partial charge in [-0.15, -0.1) is 11.3 Å². The van der Waals surface area contributed by atoms with Crippen LogP contribution in [0.5, 0.6) is 0 Å². The Morgan fingerprint density at radius 3 is 2.67 bits per heavy atom. The second-order valence-electron chi connectivity index (χ2n) is 4.43. The average molecular weight is 363 g/mol. The van der Waals surface area contributed by atoms with Gasteiger partial charge in [0, 0.05) is 21.8 Å². The first-order valence-corrected chi connectivity index (χ1v) is 7.85. The lowest BCUT2D eigenvalue weighted by atomic mass is 10.1. The maximum absolute atomic E-state index is 11.2. The largest absolute Gasteiger partial charge is 0.478 e. The Bertz CT molecular complexity index is 816. The molecule has 0 radical (unpaired) electrons. The third-order valence-electron chi connectivity index (χ3n) is 3.08. The van der Waals surface area contributed by atoms with Gasteiger partial charge in [0.1, 0.15) is 5.82 Å². The van der Waals surface area contributed by atoms with E-state index in [1.165, 1.54) is 11.1 Å². The molecule has 0 spiro atoms. The number of rotatable bonds is 4. The molecule has 0 saturated carbocycles. The second-order valence-corrected chi connectivity index (χ2v) is 6.98. The van der Waals surface area contributed by atoms with E-state index in [2.05, 4.69) is 26.2 Å². The highest BCUT2D eigenvalue weighted by Gasteiger charge is 2.12. The van der Waals surface area contributed by atoms with Gasteiger partial charge >= 0.3 is 5.97 Å². The van der Waals surface area contributed by atoms with Crippen molar-refractivity contribution in [3.8, 4) is 0 Å². The van der Waals surface area contributed by atoms with Crippen LogP contribution in [0.3, 0.4) is 0 Å². The molecule has 0 amide bonds. The van der Waals surface area contributed by atoms with Gasteiger partial charge in [-0.2, -0.15) is 0 Å². The van der Waals surface area contributed by atoms with E-state index >= 15 is 0 Å². The quantitative estimate of drug-likeness (QED) is 0.723. The fourth-order valence-corrected chi connectivity index (χ4v) is 3.54. The Morgan fingerprint density at radius 2 is 2.00 bits per heavy atom. The molecule has 4 nitrogen and oxygen atoms in total. The molecule has 2 aromatic heterocycles. The summed E-state index contributed by atoms with van der Waals surface area (Å²) in [6, 6.07) is 11.4. The zero-order chi connectivity index (χ0) is 14.8. The van der Waals surface area contributed by atoms with Gasteiger partial charge in [0.15, 0.2) is 0 Å². The van der Waals surface area contributed by atoms with Crippen LogP contribution in [0.1, 0.15) is 15.2 Å². The van der Waals surface area contributed by atoms with Crippen LogP contribution in [0.25, 0.3) is 10.8 Å². The Kier molecular flexibility index (Phi) is 3.90. The molecule has 0 atom stereocenters. The minimum atomic E-state index is -0.965. The highest BCUT2D eigenvalue weighted by Crippen LogP contribution is 2.26. The molecule has 3 rings (SSSR count). The van der Waals surface area contributed by atoms with Crippen LogP contribution in [0, 0.1) is 0 Å². The van der Waals surface area contributed by atoms with Crippen molar-refractivity contribution in [1.82, 2.24) is 4.98 Å². The van der Waals surface area contributed by atoms with Gasteiger partial charge in [0.2, 0.25) is 0 Å². The van der Waals surface area contributed by atoms with Crippen LogP contribution < -0.4 is 5.32 Å². The van der Waals surface area contributed by atoms with Crippen molar-refractivity contribution in [1.29, 1.82) is 0 Å². The Hall–Kier alpha value is -1.92. The molecule has 1 aromatic carbocycles. The number of thiophene rings is 1. The summed E-state index contributed by atoms with van der Waals surface area (Å²) in [5.74, 6) is -0.271. The lowest BCUT2D eigenvalue weighted by Gasteiger charge is -2.09. The van der Waals surface area contributed by atoms with Crippen LogP contribution in [0.15, 0.2) is 46.4 Å². The van der Waals surface area contributed by atoms with Crippen molar-refractivity contribution < 1.29 is 9.90 Å². The molecule has 0 aliphatic carbocycles. The van der Waals surface area contributed by atoms with Crippen LogP contribution in [-0.4, -0.2) is 16.1 Å². The van der Waals surface area contributed by atoms with E-state index in [0.717, 1.165) is 9.17 Å². The normalized spacial score (nSPS) is 10.7. The fourth-order valence-electron chi connectivity index (χ4n) is 2.12. The molecular formula is C15H11BrN2O2S. The standard InChI is InChI=1S/C15H11BrN2O2S/c16-13-6-5-9(21-13)7-17-14-11-4-2-1-3-10(11)12(8-18-14)15(19)20/h1-6,8H,7H2,(H,17,18)(H,19,20). The lowest BCUT2D eigenvalue weighted by molar-refractivity contribution is 0.0698. The smallest absolute Gasteiger partial charge is 0.337 e. The summed E-state index contributed by atoms with van der Waals surface area (Å²) in [4.78, 5) is 16.7. The number of nitrogens with zero attached hydrogens (tertiary/aromatic N) is 1. The molecule has 2 heterocycles. The fraction of sp³-hybridized carbons (Fsp3) is 0.0667. The minimum Gasteiger partial charge on any atom is -0.478 e. The van der Waals surface area contributed by atoms with Crippen molar-refractivity contribution in [2.75, 3.05) is 5.32 Å². The van der Waals surface area contributed by atoms with Crippen LogP contribution in [0.2, 0.25) is 0 Å². The maximum atomic E-state index is 11.2. The Balaban J connectivity index is 1.96. The van der Waals surface area contributed by atoms with Gasteiger partial charge in [-0.25, -0.2) is 9.78 Å². The van der Waals surface area contributed by atoms with E-state index in [-0.39, 0.29) is 5.56 Å². The van der Waals surface area contributed by atoms with Gasteiger partial charge in [-0.3, -0.25) is 0 Å². The van der Waals surface area contributed by atoms with E-state index in [0.29, 0.717) is 17.7 Å². The van der Waals surface area contributed by atoms with E-state index < -0.39 is 5.97 Å². The molecule has 2 N–H and O–H groups in total. The summed E-state index contributed by atoms with van der Waals surface area (Å²) in [6.45, 7) is 0.652. The number of hydrogen-bond donors (Lipinski definition) is 2. The molecule has 0 unspecified atom stereocenters. The third-order valence-corrected chi connectivity index (χ3v) is 4.71. The highest BCUT2D eigenvalue weighted by atomic mass is 79.9. The molecular weight excluding hydrogens is 352 g/mol. The first-order chi connectivity index (χ1) is 10.1. The number of pyridine rings is 1. The summed E-state index contributed by atoms with van der Waals surface area (Å²) in [7, 11) is 0. The molecule has 21 heavy (non-hydrogen) atoms. The monoisotopic (exact) mass is 362 g/mol. The van der Waals surface area contributed by atoms with Crippen molar-refractivity contribution in [2.24, 2.45) is 0 Å². The summed E-state index contributed by atoms with van der Waals surface area (Å²) in [5.41, 5.74) is 0.218. The lowest BCUT2D eigenvalue weighted by Crippen LogP contribution is -2.04. The molecule has 0 bridgehead atoms. The molecule has 0 aliphatic heterocycles. The number of fused-ring (bicyclic) bond motifs is 1. The van der Waals surface area contributed by atoms with E-state index in [4.69, 9.17) is 0 Å². The van der Waals surface area contributed by atoms with Crippen molar-refractivity contribution in [3.63, 3.8) is 0 Å². The third kappa shape index (κ3) is 2.91. The number of aromatic nitrogens is 1. The van der Waals surface area contributed by atoms with Crippen molar-refractivity contribution in [3.05, 3.63) is 56.8 Å². The number of aromatic carboxylic acids is 1. The number of hydrogen-bond acceptors (Lipinski definition) is 4. The van der Waals surface area contributed by atoms with E-state index in [9.17, 15) is 9.90 Å². The van der Waals surface area contributed by atoms with Crippen molar-refractivity contribution >= 4 is 49.8 Å². The zero-order valence-electron chi connectivity index (χ0n) is 10.8. The number of carboxylic acids is 1. The predicted octanol–water partition coefficient (Wildman–Crippen LogP) is 4.37. The molecule has 0 saturated heterocycles. The molecule has 0 aliphatic rings. The van der Waals surface area contributed by atoms with Crippen LogP contribution in [0.4, 0.5) is 5.82 Å². The SMILES string of the molecule is O=C(O)c1cnc(NCc2ccc(Br)s2)c2ccccc12. The van der Waals surface area contributed by atoms with Gasteiger partial charge in [0.05, 0.1) is 15.9 Å². The van der Waals surface area contributed by atoms with Crippen LogP contribution in [-0.2, 0) is 6.54 Å². The number of benzene rings is 1. The summed E-state index contributed by atoms with van der Waals surface area (Å²) < 4.78 is 1.08. The zero-order valence-corrected chi connectivity index (χ0v) is 13.2. The topological polar surface area (TPSA) is 62.2 Å². The summed E-state index contributed by atoms with van der Waals surface area (Å²) in [5, 5.41) is 14.0. The number of carboxylic acid groups (broad SMARTS) is 1. The second kappa shape index (κ2) is 5.83. The predicted molar refractivity (Wildman–Crippen MR) is 88.0 cm³/mol. The van der Waals surface area contributed by atoms with Gasteiger partial charge < -0.3 is 10.4 Å². The minimum absolute atomic E-state index is 0.218. The summed E-state index contributed by atoms with van der Waals surface area (Å²) in [6.07, 6.45) is 1.40. The van der Waals surface area contributed by atoms with E-state index in [1.807, 2.05) is 30.3 Å². The number of nitrogens with one attached hydrogen (secondary N) is 1. The van der Waals surface area contributed by atoms with E-state index in [1.54, 1.807) is 17.4 Å². The number of carbonyl (C=O) groups is 1. The highest BCUT2D eigenvalue weighted by molar-refractivity contribution is 9.11.